The first-order valence-corrected chi connectivity index (χ1v) is 8.27. The smallest absolute Gasteiger partial charge is 0.335 e. The summed E-state index contributed by atoms with van der Waals surface area (Å²) in [6.45, 7) is 0. The zero-order chi connectivity index (χ0) is 19.1. The first kappa shape index (κ1) is 18.2. The fourth-order valence-electron chi connectivity index (χ4n) is 3.36. The molecule has 1 heterocycles. The Hall–Kier alpha value is -2.58. The second-order valence-electron chi connectivity index (χ2n) is 6.62. The van der Waals surface area contributed by atoms with Crippen LogP contribution in [-0.4, -0.2) is 42.0 Å². The number of anilines is 1. The van der Waals surface area contributed by atoms with Crippen molar-refractivity contribution in [2.45, 2.75) is 37.9 Å². The van der Waals surface area contributed by atoms with E-state index < -0.39 is 29.9 Å². The van der Waals surface area contributed by atoms with Crippen LogP contribution in [0.4, 0.5) is 23.7 Å². The van der Waals surface area contributed by atoms with Crippen LogP contribution in [0.1, 0.15) is 46.4 Å². The SMILES string of the molecule is CN1C(=O)c2ccc(NC(=O)NC3CCC(C(F)(F)F)CC3)cc2C1=O. The number of carbonyl (C=O) groups is 3. The highest BCUT2D eigenvalue weighted by atomic mass is 19.4. The van der Waals surface area contributed by atoms with Crippen molar-refractivity contribution >= 4 is 23.5 Å². The number of carbonyl (C=O) groups excluding carboxylic acids is 3. The minimum atomic E-state index is -4.19. The molecule has 0 bridgehead atoms. The summed E-state index contributed by atoms with van der Waals surface area (Å²) in [6.07, 6.45) is -3.67. The molecule has 1 aliphatic heterocycles. The predicted octanol–water partition coefficient (Wildman–Crippen LogP) is 3.16. The van der Waals surface area contributed by atoms with E-state index in [1.54, 1.807) is 0 Å². The van der Waals surface area contributed by atoms with E-state index in [1.165, 1.54) is 25.2 Å². The van der Waals surface area contributed by atoms with Crippen molar-refractivity contribution in [3.05, 3.63) is 29.3 Å². The Morgan fingerprint density at radius 2 is 1.69 bits per heavy atom. The Morgan fingerprint density at radius 3 is 2.31 bits per heavy atom. The number of amides is 4. The van der Waals surface area contributed by atoms with Gasteiger partial charge in [-0.15, -0.1) is 0 Å². The van der Waals surface area contributed by atoms with E-state index in [1.807, 2.05) is 0 Å². The highest BCUT2D eigenvalue weighted by molar-refractivity contribution is 6.21. The van der Waals surface area contributed by atoms with Crippen molar-refractivity contribution in [2.75, 3.05) is 12.4 Å². The van der Waals surface area contributed by atoms with Gasteiger partial charge in [-0.3, -0.25) is 14.5 Å². The van der Waals surface area contributed by atoms with E-state index in [2.05, 4.69) is 10.6 Å². The highest BCUT2D eigenvalue weighted by Gasteiger charge is 2.41. The second kappa shape index (κ2) is 6.62. The van der Waals surface area contributed by atoms with E-state index in [4.69, 9.17) is 0 Å². The molecule has 1 fully saturated rings. The van der Waals surface area contributed by atoms with Crippen LogP contribution < -0.4 is 10.6 Å². The number of fused-ring (bicyclic) bond motifs is 1. The molecule has 4 amide bonds. The van der Waals surface area contributed by atoms with E-state index in [0.29, 0.717) is 5.69 Å². The number of hydrogen-bond acceptors (Lipinski definition) is 3. The van der Waals surface area contributed by atoms with Gasteiger partial charge in [0.15, 0.2) is 0 Å². The molecule has 26 heavy (non-hydrogen) atoms. The van der Waals surface area contributed by atoms with E-state index >= 15 is 0 Å². The molecule has 0 aromatic heterocycles. The summed E-state index contributed by atoms with van der Waals surface area (Å²) < 4.78 is 38.0. The van der Waals surface area contributed by atoms with Crippen LogP contribution in [-0.2, 0) is 0 Å². The number of nitrogens with one attached hydrogen (secondary N) is 2. The average Bonchev–Trinajstić information content (AvgIpc) is 2.79. The van der Waals surface area contributed by atoms with Gasteiger partial charge >= 0.3 is 12.2 Å². The van der Waals surface area contributed by atoms with Gasteiger partial charge in [0.2, 0.25) is 0 Å². The number of nitrogens with zero attached hydrogens (tertiary/aromatic N) is 1. The van der Waals surface area contributed by atoms with E-state index in [9.17, 15) is 27.6 Å². The van der Waals surface area contributed by atoms with E-state index in [0.717, 1.165) is 4.90 Å². The second-order valence-corrected chi connectivity index (χ2v) is 6.62. The number of urea groups is 1. The number of imide groups is 1. The van der Waals surface area contributed by atoms with Crippen LogP contribution in [0, 0.1) is 5.92 Å². The third-order valence-corrected chi connectivity index (χ3v) is 4.87. The molecular formula is C17H18F3N3O3. The first-order valence-electron chi connectivity index (χ1n) is 8.27. The maximum absolute atomic E-state index is 12.7. The summed E-state index contributed by atoms with van der Waals surface area (Å²) in [6, 6.07) is 3.51. The molecule has 1 aromatic rings. The average molecular weight is 369 g/mol. The monoisotopic (exact) mass is 369 g/mol. The number of rotatable bonds is 2. The van der Waals surface area contributed by atoms with Crippen LogP contribution in [0.3, 0.4) is 0 Å². The molecule has 9 heteroatoms. The van der Waals surface area contributed by atoms with Crippen LogP contribution in [0.15, 0.2) is 18.2 Å². The minimum absolute atomic E-state index is 0.00373. The zero-order valence-electron chi connectivity index (χ0n) is 14.0. The standard InChI is InChI=1S/C17H18F3N3O3/c1-23-14(24)12-7-6-11(8-13(12)15(23)25)22-16(26)21-10-4-2-9(3-5-10)17(18,19)20/h6-10H,2-5H2,1H3,(H2,21,22,26). The van der Waals surface area contributed by atoms with Gasteiger partial charge in [0.1, 0.15) is 0 Å². The van der Waals surface area contributed by atoms with Crippen LogP contribution in [0.5, 0.6) is 0 Å². The molecular weight excluding hydrogens is 351 g/mol. The lowest BCUT2D eigenvalue weighted by atomic mass is 9.86. The molecule has 2 aliphatic rings. The summed E-state index contributed by atoms with van der Waals surface area (Å²) in [5, 5.41) is 5.21. The van der Waals surface area contributed by atoms with Crippen molar-refractivity contribution in [3.63, 3.8) is 0 Å². The number of hydrogen-bond donors (Lipinski definition) is 2. The lowest BCUT2D eigenvalue weighted by molar-refractivity contribution is -0.182. The highest BCUT2D eigenvalue weighted by Crippen LogP contribution is 2.37. The van der Waals surface area contributed by atoms with Crippen molar-refractivity contribution in [1.29, 1.82) is 0 Å². The summed E-state index contributed by atoms with van der Waals surface area (Å²) in [4.78, 5) is 36.8. The molecule has 3 rings (SSSR count). The van der Waals surface area contributed by atoms with Crippen LogP contribution in [0.2, 0.25) is 0 Å². The molecule has 1 aromatic carbocycles. The van der Waals surface area contributed by atoms with Gasteiger partial charge in [-0.1, -0.05) is 0 Å². The maximum Gasteiger partial charge on any atom is 0.391 e. The van der Waals surface area contributed by atoms with Gasteiger partial charge < -0.3 is 10.6 Å². The normalized spacial score (nSPS) is 23.0. The largest absolute Gasteiger partial charge is 0.391 e. The fourth-order valence-corrected chi connectivity index (χ4v) is 3.36. The minimum Gasteiger partial charge on any atom is -0.335 e. The van der Waals surface area contributed by atoms with Crippen molar-refractivity contribution in [3.8, 4) is 0 Å². The summed E-state index contributed by atoms with van der Waals surface area (Å²) in [5.74, 6) is -2.15. The van der Waals surface area contributed by atoms with Gasteiger partial charge in [-0.2, -0.15) is 13.2 Å². The predicted molar refractivity (Wildman–Crippen MR) is 86.8 cm³/mol. The Labute approximate surface area is 147 Å². The number of benzene rings is 1. The molecule has 0 spiro atoms. The van der Waals surface area contributed by atoms with E-state index in [-0.39, 0.29) is 42.9 Å². The van der Waals surface area contributed by atoms with Gasteiger partial charge in [-0.25, -0.2) is 4.79 Å². The fraction of sp³-hybridized carbons (Fsp3) is 0.471. The molecule has 140 valence electrons. The Bertz CT molecular complexity index is 755. The van der Waals surface area contributed by atoms with Gasteiger partial charge in [0.25, 0.3) is 11.8 Å². The van der Waals surface area contributed by atoms with Crippen LogP contribution in [0.25, 0.3) is 0 Å². The van der Waals surface area contributed by atoms with Crippen molar-refractivity contribution in [1.82, 2.24) is 10.2 Å². The third-order valence-electron chi connectivity index (χ3n) is 4.87. The molecule has 0 saturated heterocycles. The maximum atomic E-state index is 12.7. The molecule has 0 unspecified atom stereocenters. The van der Waals surface area contributed by atoms with Crippen LogP contribution >= 0.6 is 0 Å². The van der Waals surface area contributed by atoms with Gasteiger partial charge in [0, 0.05) is 18.8 Å². The Kier molecular flexibility index (Phi) is 4.64. The summed E-state index contributed by atoms with van der Waals surface area (Å²) >= 11 is 0. The summed E-state index contributed by atoms with van der Waals surface area (Å²) in [7, 11) is 1.38. The topological polar surface area (TPSA) is 78.5 Å². The summed E-state index contributed by atoms with van der Waals surface area (Å²) in [5.41, 5.74) is 0.816. The van der Waals surface area contributed by atoms with Gasteiger partial charge in [-0.05, 0) is 43.9 Å². The number of alkyl halides is 3. The van der Waals surface area contributed by atoms with Crippen molar-refractivity contribution in [2.24, 2.45) is 5.92 Å². The lowest BCUT2D eigenvalue weighted by Crippen LogP contribution is -2.41. The molecule has 6 nitrogen and oxygen atoms in total. The Morgan fingerprint density at radius 1 is 1.08 bits per heavy atom. The molecule has 1 saturated carbocycles. The molecule has 0 atom stereocenters. The quantitative estimate of drug-likeness (QED) is 0.786. The molecule has 0 radical (unpaired) electrons. The zero-order valence-corrected chi connectivity index (χ0v) is 14.0. The number of halogens is 3. The lowest BCUT2D eigenvalue weighted by Gasteiger charge is -2.30. The molecule has 1 aliphatic carbocycles. The third kappa shape index (κ3) is 3.51. The van der Waals surface area contributed by atoms with Gasteiger partial charge in [0.05, 0.1) is 17.0 Å². The molecule has 2 N–H and O–H groups in total. The first-order chi connectivity index (χ1) is 12.2. The Balaban J connectivity index is 1.57. The van der Waals surface area contributed by atoms with Crippen molar-refractivity contribution < 1.29 is 27.6 Å².